The molecular weight excluding hydrogens is 331 g/mol. The van der Waals surface area contributed by atoms with Crippen LogP contribution in [0.4, 0.5) is 0 Å². The number of unbranched alkanes of at least 4 members (excludes halogenated alkanes) is 9. The van der Waals surface area contributed by atoms with Gasteiger partial charge in [-0.3, -0.25) is 4.79 Å². The van der Waals surface area contributed by atoms with Crippen LogP contribution >= 0.6 is 23.2 Å². The summed E-state index contributed by atoms with van der Waals surface area (Å²) in [6, 6.07) is 0. The number of carbonyl (C=O) groups is 1. The molecule has 0 N–H and O–H groups in total. The third-order valence-electron chi connectivity index (χ3n) is 4.31. The van der Waals surface area contributed by atoms with Gasteiger partial charge in [0, 0.05) is 17.2 Å². The van der Waals surface area contributed by atoms with E-state index in [-0.39, 0.29) is 16.7 Å². The first-order chi connectivity index (χ1) is 11.1. The Labute approximate surface area is 153 Å². The van der Waals surface area contributed by atoms with Crippen LogP contribution in [-0.2, 0) is 9.53 Å². The molecule has 0 aliphatic carbocycles. The highest BCUT2D eigenvalue weighted by Gasteiger charge is 2.15. The summed E-state index contributed by atoms with van der Waals surface area (Å²) in [6.45, 7) is 2.25. The van der Waals surface area contributed by atoms with Crippen molar-refractivity contribution >= 4 is 29.2 Å². The molecule has 0 aromatic carbocycles. The van der Waals surface area contributed by atoms with Crippen molar-refractivity contribution in [1.29, 1.82) is 0 Å². The molecule has 0 saturated heterocycles. The van der Waals surface area contributed by atoms with Gasteiger partial charge in [-0.1, -0.05) is 71.1 Å². The van der Waals surface area contributed by atoms with Gasteiger partial charge in [0.15, 0.2) is 0 Å². The van der Waals surface area contributed by atoms with Crippen molar-refractivity contribution in [3.05, 3.63) is 0 Å². The lowest BCUT2D eigenvalue weighted by atomic mass is 10.0. The number of alkyl halides is 2. The maximum absolute atomic E-state index is 11.0. The predicted octanol–water partition coefficient (Wildman–Crippen LogP) is 6.86. The zero-order chi connectivity index (χ0) is 17.3. The molecule has 0 heterocycles. The van der Waals surface area contributed by atoms with Crippen LogP contribution in [0.3, 0.4) is 0 Å². The lowest BCUT2D eigenvalue weighted by Crippen LogP contribution is -2.14. The summed E-state index contributed by atoms with van der Waals surface area (Å²) in [6.07, 6.45) is 15.9. The van der Waals surface area contributed by atoms with Crippen LogP contribution in [0.5, 0.6) is 0 Å². The summed E-state index contributed by atoms with van der Waals surface area (Å²) >= 11 is 12.8. The molecule has 0 amide bonds. The fourth-order valence-electron chi connectivity index (χ4n) is 2.72. The summed E-state index contributed by atoms with van der Waals surface area (Å²) in [5.74, 6) is -0.115. The zero-order valence-electron chi connectivity index (χ0n) is 15.1. The monoisotopic (exact) mass is 366 g/mol. The fraction of sp³-hybridized carbons (Fsp3) is 0.947. The highest BCUT2D eigenvalue weighted by Crippen LogP contribution is 2.23. The van der Waals surface area contributed by atoms with Crippen molar-refractivity contribution in [2.45, 2.75) is 108 Å². The molecular formula is C19H36Cl2O2. The highest BCUT2D eigenvalue weighted by molar-refractivity contribution is 6.29. The van der Waals surface area contributed by atoms with Gasteiger partial charge in [0.05, 0.1) is 7.11 Å². The van der Waals surface area contributed by atoms with E-state index in [9.17, 15) is 4.79 Å². The first kappa shape index (κ1) is 23.1. The summed E-state index contributed by atoms with van der Waals surface area (Å²) in [7, 11) is 1.44. The van der Waals surface area contributed by atoms with Gasteiger partial charge >= 0.3 is 5.97 Å². The number of carbonyl (C=O) groups excluding carboxylic acids is 1. The summed E-state index contributed by atoms with van der Waals surface area (Å²) < 4.78 is 4.62. The molecule has 0 radical (unpaired) electrons. The third kappa shape index (κ3) is 15.3. The van der Waals surface area contributed by atoms with Crippen molar-refractivity contribution in [1.82, 2.24) is 0 Å². The Morgan fingerprint density at radius 2 is 1.22 bits per heavy atom. The van der Waals surface area contributed by atoms with Gasteiger partial charge in [-0.25, -0.2) is 0 Å². The Kier molecular flexibility index (Phi) is 16.9. The van der Waals surface area contributed by atoms with Crippen molar-refractivity contribution in [2.24, 2.45) is 0 Å². The van der Waals surface area contributed by atoms with Crippen LogP contribution < -0.4 is 0 Å². The van der Waals surface area contributed by atoms with E-state index in [4.69, 9.17) is 23.2 Å². The van der Waals surface area contributed by atoms with E-state index in [0.29, 0.717) is 6.42 Å². The summed E-state index contributed by atoms with van der Waals surface area (Å²) in [4.78, 5) is 11.0. The molecule has 2 nitrogen and oxygen atoms in total. The fourth-order valence-corrected chi connectivity index (χ4v) is 3.28. The quantitative estimate of drug-likeness (QED) is 0.169. The van der Waals surface area contributed by atoms with E-state index in [2.05, 4.69) is 11.7 Å². The SMILES string of the molecule is CCCCCCCCC[C@@H](Cl)[C@H](Cl)CCCCCCC(=O)OC. The first-order valence-corrected chi connectivity index (χ1v) is 10.3. The van der Waals surface area contributed by atoms with Crippen molar-refractivity contribution in [3.63, 3.8) is 0 Å². The topological polar surface area (TPSA) is 26.3 Å². The van der Waals surface area contributed by atoms with E-state index in [1.807, 2.05) is 0 Å². The van der Waals surface area contributed by atoms with Crippen LogP contribution in [0.25, 0.3) is 0 Å². The average molecular weight is 367 g/mol. The largest absolute Gasteiger partial charge is 0.469 e. The molecule has 0 aromatic rings. The molecule has 23 heavy (non-hydrogen) atoms. The van der Waals surface area contributed by atoms with Gasteiger partial charge in [0.1, 0.15) is 0 Å². The van der Waals surface area contributed by atoms with Crippen molar-refractivity contribution < 1.29 is 9.53 Å². The Bertz CT molecular complexity index is 272. The third-order valence-corrected chi connectivity index (χ3v) is 5.49. The molecule has 0 unspecified atom stereocenters. The number of methoxy groups -OCH3 is 1. The lowest BCUT2D eigenvalue weighted by Gasteiger charge is -2.16. The Hall–Kier alpha value is 0.0500. The van der Waals surface area contributed by atoms with Crippen LogP contribution in [0.2, 0.25) is 0 Å². The molecule has 0 aliphatic rings. The maximum Gasteiger partial charge on any atom is 0.305 e. The normalized spacial score (nSPS) is 13.7. The van der Waals surface area contributed by atoms with E-state index < -0.39 is 0 Å². The number of esters is 1. The molecule has 0 fully saturated rings. The van der Waals surface area contributed by atoms with Crippen LogP contribution in [0.15, 0.2) is 0 Å². The maximum atomic E-state index is 11.0. The number of ether oxygens (including phenoxy) is 1. The van der Waals surface area contributed by atoms with Gasteiger partial charge in [-0.15, -0.1) is 23.2 Å². The molecule has 0 aliphatic heterocycles. The van der Waals surface area contributed by atoms with Gasteiger partial charge in [-0.05, 0) is 19.3 Å². The van der Waals surface area contributed by atoms with Crippen LogP contribution in [0, 0.1) is 0 Å². The summed E-state index contributed by atoms with van der Waals surface area (Å²) in [5, 5.41) is 0.180. The molecule has 138 valence electrons. The second-order valence-corrected chi connectivity index (χ2v) is 7.59. The molecule has 0 aromatic heterocycles. The molecule has 0 spiro atoms. The minimum absolute atomic E-state index is 0.0809. The van der Waals surface area contributed by atoms with E-state index >= 15 is 0 Å². The standard InChI is InChI=1S/C19H36Cl2O2/c1-3-4-5-6-7-8-11-14-17(20)18(21)15-12-9-10-13-16-19(22)23-2/h17-18H,3-16H2,1-2H3/t17-,18-/m1/s1. The number of rotatable bonds is 16. The Balaban J connectivity index is 3.41. The van der Waals surface area contributed by atoms with Gasteiger partial charge in [-0.2, -0.15) is 0 Å². The second kappa shape index (κ2) is 16.9. The summed E-state index contributed by atoms with van der Waals surface area (Å²) in [5.41, 5.74) is 0. The van der Waals surface area contributed by atoms with Crippen molar-refractivity contribution in [3.8, 4) is 0 Å². The van der Waals surface area contributed by atoms with Gasteiger partial charge in [0.25, 0.3) is 0 Å². The van der Waals surface area contributed by atoms with E-state index in [1.165, 1.54) is 52.1 Å². The molecule has 2 atom stereocenters. The average Bonchev–Trinajstić information content (AvgIpc) is 2.56. The first-order valence-electron chi connectivity index (χ1n) is 9.46. The van der Waals surface area contributed by atoms with Crippen LogP contribution in [-0.4, -0.2) is 23.8 Å². The molecule has 0 saturated carbocycles. The molecule has 0 rings (SSSR count). The highest BCUT2D eigenvalue weighted by atomic mass is 35.5. The Morgan fingerprint density at radius 1 is 0.783 bits per heavy atom. The Morgan fingerprint density at radius 3 is 1.70 bits per heavy atom. The van der Waals surface area contributed by atoms with Gasteiger partial charge in [0.2, 0.25) is 0 Å². The second-order valence-electron chi connectivity index (χ2n) is 6.47. The minimum Gasteiger partial charge on any atom is -0.469 e. The smallest absolute Gasteiger partial charge is 0.305 e. The molecule has 4 heteroatoms. The number of hydrogen-bond acceptors (Lipinski definition) is 2. The van der Waals surface area contributed by atoms with Crippen molar-refractivity contribution in [2.75, 3.05) is 7.11 Å². The molecule has 0 bridgehead atoms. The number of hydrogen-bond donors (Lipinski definition) is 0. The van der Waals surface area contributed by atoms with E-state index in [1.54, 1.807) is 0 Å². The lowest BCUT2D eigenvalue weighted by molar-refractivity contribution is -0.140. The van der Waals surface area contributed by atoms with Crippen LogP contribution in [0.1, 0.15) is 96.8 Å². The predicted molar refractivity (Wildman–Crippen MR) is 102 cm³/mol. The van der Waals surface area contributed by atoms with E-state index in [0.717, 1.165) is 38.5 Å². The number of halogens is 2. The van der Waals surface area contributed by atoms with Gasteiger partial charge < -0.3 is 4.74 Å². The zero-order valence-corrected chi connectivity index (χ0v) is 16.6. The minimum atomic E-state index is -0.115.